The van der Waals surface area contributed by atoms with Crippen LogP contribution in [0.1, 0.15) is 46.5 Å². The highest BCUT2D eigenvalue weighted by Gasteiger charge is 2.44. The molecule has 6 heteroatoms. The minimum absolute atomic E-state index is 0.00933. The molecule has 4 unspecified atom stereocenters. The van der Waals surface area contributed by atoms with E-state index in [1.165, 1.54) is 0 Å². The highest BCUT2D eigenvalue weighted by atomic mass is 32.2. The van der Waals surface area contributed by atoms with Gasteiger partial charge in [-0.1, -0.05) is 6.92 Å². The van der Waals surface area contributed by atoms with Gasteiger partial charge < -0.3 is 10.0 Å². The second kappa shape index (κ2) is 6.24. The van der Waals surface area contributed by atoms with Crippen LogP contribution in [0.25, 0.3) is 0 Å². The molecule has 2 aliphatic heterocycles. The summed E-state index contributed by atoms with van der Waals surface area (Å²) in [6, 6.07) is -0.375. The SMILES string of the molecule is CCC1SCC(C(=O)O)N1C(=O)N1C(C)CCCC1C. The molecular weight excluding hydrogens is 276 g/mol. The smallest absolute Gasteiger partial charge is 0.327 e. The Morgan fingerprint density at radius 2 is 1.80 bits per heavy atom. The summed E-state index contributed by atoms with van der Waals surface area (Å²) in [7, 11) is 0. The van der Waals surface area contributed by atoms with Gasteiger partial charge in [0.1, 0.15) is 6.04 Å². The molecule has 0 saturated carbocycles. The molecule has 20 heavy (non-hydrogen) atoms. The number of hydrogen-bond donors (Lipinski definition) is 1. The Balaban J connectivity index is 2.21. The van der Waals surface area contributed by atoms with Crippen molar-refractivity contribution in [1.29, 1.82) is 0 Å². The van der Waals surface area contributed by atoms with E-state index in [0.717, 1.165) is 25.7 Å². The Morgan fingerprint density at radius 3 is 2.30 bits per heavy atom. The van der Waals surface area contributed by atoms with Crippen molar-refractivity contribution in [2.75, 3.05) is 5.75 Å². The molecule has 5 nitrogen and oxygen atoms in total. The summed E-state index contributed by atoms with van der Waals surface area (Å²) in [5.41, 5.74) is 0. The lowest BCUT2D eigenvalue weighted by Gasteiger charge is -2.42. The Hall–Kier alpha value is -0.910. The van der Waals surface area contributed by atoms with Crippen LogP contribution in [-0.4, -0.2) is 56.2 Å². The van der Waals surface area contributed by atoms with Crippen LogP contribution in [0.2, 0.25) is 0 Å². The molecule has 0 aromatic heterocycles. The molecule has 2 saturated heterocycles. The maximum atomic E-state index is 12.9. The van der Waals surface area contributed by atoms with E-state index < -0.39 is 12.0 Å². The van der Waals surface area contributed by atoms with Gasteiger partial charge in [-0.2, -0.15) is 0 Å². The first-order valence-corrected chi connectivity index (χ1v) is 8.47. The fourth-order valence-corrected chi connectivity index (χ4v) is 4.60. The van der Waals surface area contributed by atoms with Crippen molar-refractivity contribution in [3.8, 4) is 0 Å². The van der Waals surface area contributed by atoms with Crippen LogP contribution in [0.5, 0.6) is 0 Å². The Morgan fingerprint density at radius 1 is 1.20 bits per heavy atom. The highest BCUT2D eigenvalue weighted by Crippen LogP contribution is 2.34. The summed E-state index contributed by atoms with van der Waals surface area (Å²) in [6.45, 7) is 6.13. The van der Waals surface area contributed by atoms with Gasteiger partial charge in [-0.25, -0.2) is 9.59 Å². The first kappa shape index (κ1) is 15.5. The van der Waals surface area contributed by atoms with Crippen molar-refractivity contribution in [2.45, 2.75) is 70.0 Å². The van der Waals surface area contributed by atoms with Gasteiger partial charge in [0.2, 0.25) is 0 Å². The van der Waals surface area contributed by atoms with Gasteiger partial charge in [0, 0.05) is 17.8 Å². The zero-order valence-electron chi connectivity index (χ0n) is 12.4. The third-order valence-electron chi connectivity index (χ3n) is 4.36. The van der Waals surface area contributed by atoms with E-state index in [2.05, 4.69) is 13.8 Å². The lowest BCUT2D eigenvalue weighted by Crippen LogP contribution is -2.57. The minimum Gasteiger partial charge on any atom is -0.480 e. The zero-order valence-corrected chi connectivity index (χ0v) is 13.2. The molecule has 0 aliphatic carbocycles. The van der Waals surface area contributed by atoms with Crippen molar-refractivity contribution < 1.29 is 14.7 Å². The predicted molar refractivity (Wildman–Crippen MR) is 79.8 cm³/mol. The molecule has 0 radical (unpaired) electrons. The van der Waals surface area contributed by atoms with Crippen molar-refractivity contribution in [2.24, 2.45) is 0 Å². The Bertz CT molecular complexity index is 381. The number of nitrogens with zero attached hydrogens (tertiary/aromatic N) is 2. The van der Waals surface area contributed by atoms with E-state index >= 15 is 0 Å². The molecule has 2 heterocycles. The number of likely N-dealkylation sites (tertiary alicyclic amines) is 1. The fourth-order valence-electron chi connectivity index (χ4n) is 3.26. The third-order valence-corrected chi connectivity index (χ3v) is 5.82. The van der Waals surface area contributed by atoms with Crippen molar-refractivity contribution >= 4 is 23.8 Å². The normalized spacial score (nSPS) is 34.4. The molecule has 2 fully saturated rings. The van der Waals surface area contributed by atoms with Crippen molar-refractivity contribution in [1.82, 2.24) is 9.80 Å². The highest BCUT2D eigenvalue weighted by molar-refractivity contribution is 8.00. The van der Waals surface area contributed by atoms with Gasteiger partial charge in [0.15, 0.2) is 0 Å². The van der Waals surface area contributed by atoms with Crippen LogP contribution in [0.4, 0.5) is 4.79 Å². The molecule has 2 aliphatic rings. The van der Waals surface area contributed by atoms with Crippen molar-refractivity contribution in [3.05, 3.63) is 0 Å². The summed E-state index contributed by atoms with van der Waals surface area (Å²) in [6.07, 6.45) is 3.94. The molecular formula is C14H24N2O3S. The third kappa shape index (κ3) is 2.75. The van der Waals surface area contributed by atoms with Crippen LogP contribution in [-0.2, 0) is 4.79 Å². The standard InChI is InChI=1S/C14H24N2O3S/c1-4-12-16(11(8-20-12)13(17)18)14(19)15-9(2)6-5-7-10(15)3/h9-12H,4-8H2,1-3H3,(H,17,18). The van der Waals surface area contributed by atoms with Crippen LogP contribution in [0.15, 0.2) is 0 Å². The average molecular weight is 300 g/mol. The largest absolute Gasteiger partial charge is 0.480 e. The second-order valence-corrected chi connectivity index (χ2v) is 6.99. The van der Waals surface area contributed by atoms with Crippen LogP contribution < -0.4 is 0 Å². The number of carboxylic acid groups (broad SMARTS) is 1. The van der Waals surface area contributed by atoms with E-state index in [1.807, 2.05) is 11.8 Å². The van der Waals surface area contributed by atoms with E-state index in [0.29, 0.717) is 5.75 Å². The number of rotatable bonds is 2. The average Bonchev–Trinajstić information content (AvgIpc) is 2.82. The van der Waals surface area contributed by atoms with Gasteiger partial charge in [-0.05, 0) is 39.5 Å². The maximum absolute atomic E-state index is 12.9. The van der Waals surface area contributed by atoms with Gasteiger partial charge in [-0.3, -0.25) is 4.90 Å². The molecule has 1 N–H and O–H groups in total. The van der Waals surface area contributed by atoms with Crippen LogP contribution in [0.3, 0.4) is 0 Å². The predicted octanol–water partition coefficient (Wildman–Crippen LogP) is 2.61. The number of carbonyl (C=O) groups excluding carboxylic acids is 1. The molecule has 114 valence electrons. The lowest BCUT2D eigenvalue weighted by atomic mass is 9.98. The van der Waals surface area contributed by atoms with Crippen LogP contribution >= 0.6 is 11.8 Å². The summed E-state index contributed by atoms with van der Waals surface area (Å²) >= 11 is 1.58. The van der Waals surface area contributed by atoms with Crippen LogP contribution in [0, 0.1) is 0 Å². The number of thioether (sulfide) groups is 1. The Labute approximate surface area is 124 Å². The Kier molecular flexibility index (Phi) is 4.83. The molecule has 0 bridgehead atoms. The zero-order chi connectivity index (χ0) is 14.9. The summed E-state index contributed by atoms with van der Waals surface area (Å²) in [4.78, 5) is 27.8. The number of carbonyl (C=O) groups is 2. The number of aliphatic carboxylic acids is 1. The summed E-state index contributed by atoms with van der Waals surface area (Å²) in [5.74, 6) is -0.393. The number of carboxylic acids is 1. The van der Waals surface area contributed by atoms with E-state index in [4.69, 9.17) is 0 Å². The molecule has 2 amide bonds. The summed E-state index contributed by atoms with van der Waals surface area (Å²) in [5, 5.41) is 9.34. The molecule has 4 atom stereocenters. The number of hydrogen-bond acceptors (Lipinski definition) is 3. The molecule has 0 aromatic rings. The first-order valence-electron chi connectivity index (χ1n) is 7.42. The molecule has 0 aromatic carbocycles. The maximum Gasteiger partial charge on any atom is 0.327 e. The minimum atomic E-state index is -0.890. The van der Waals surface area contributed by atoms with Gasteiger partial charge in [0.25, 0.3) is 0 Å². The quantitative estimate of drug-likeness (QED) is 0.851. The van der Waals surface area contributed by atoms with Gasteiger partial charge in [0.05, 0.1) is 5.37 Å². The number of piperidine rings is 1. The van der Waals surface area contributed by atoms with Gasteiger partial charge >= 0.3 is 12.0 Å². The van der Waals surface area contributed by atoms with Crippen molar-refractivity contribution in [3.63, 3.8) is 0 Å². The monoisotopic (exact) mass is 300 g/mol. The number of amides is 2. The number of urea groups is 1. The van der Waals surface area contributed by atoms with E-state index in [9.17, 15) is 14.7 Å². The fraction of sp³-hybridized carbons (Fsp3) is 0.857. The van der Waals surface area contributed by atoms with E-state index in [1.54, 1.807) is 16.7 Å². The van der Waals surface area contributed by atoms with E-state index in [-0.39, 0.29) is 23.5 Å². The molecule has 2 rings (SSSR count). The van der Waals surface area contributed by atoms with Gasteiger partial charge in [-0.15, -0.1) is 11.8 Å². The topological polar surface area (TPSA) is 60.9 Å². The second-order valence-electron chi connectivity index (χ2n) is 5.78. The first-order chi connectivity index (χ1) is 9.47. The molecule has 0 spiro atoms. The lowest BCUT2D eigenvalue weighted by molar-refractivity contribution is -0.141. The summed E-state index contributed by atoms with van der Waals surface area (Å²) < 4.78 is 0.